The highest BCUT2D eigenvalue weighted by Gasteiger charge is 2.41. The normalized spacial score (nSPS) is 27.2. The topological polar surface area (TPSA) is 66.8 Å². The zero-order valence-electron chi connectivity index (χ0n) is 12.5. The van der Waals surface area contributed by atoms with E-state index in [1.54, 1.807) is 11.8 Å². The summed E-state index contributed by atoms with van der Waals surface area (Å²) < 4.78 is 5.49. The minimum atomic E-state index is -1.02. The summed E-state index contributed by atoms with van der Waals surface area (Å²) in [7, 11) is 0. The molecular weight excluding hydrogens is 246 g/mol. The third kappa shape index (κ3) is 3.47. The van der Waals surface area contributed by atoms with E-state index < -0.39 is 11.4 Å². The number of carboxylic acid groups (broad SMARTS) is 1. The lowest BCUT2D eigenvalue weighted by Gasteiger charge is -2.39. The monoisotopic (exact) mass is 271 g/mol. The summed E-state index contributed by atoms with van der Waals surface area (Å²) in [5.74, 6) is -1.10. The largest absolute Gasteiger partial charge is 0.481 e. The predicted octanol–water partition coefficient (Wildman–Crippen LogP) is 1.76. The van der Waals surface area contributed by atoms with Crippen molar-refractivity contribution in [3.63, 3.8) is 0 Å². The molecule has 1 N–H and O–H groups in total. The first-order valence-electron chi connectivity index (χ1n) is 6.83. The molecule has 5 heteroatoms. The first-order valence-corrected chi connectivity index (χ1v) is 6.83. The summed E-state index contributed by atoms with van der Waals surface area (Å²) in [6.45, 7) is 10.2. The molecule has 0 bridgehead atoms. The smallest absolute Gasteiger partial charge is 0.310 e. The Morgan fingerprint density at radius 3 is 2.47 bits per heavy atom. The van der Waals surface area contributed by atoms with Crippen molar-refractivity contribution in [2.45, 2.75) is 53.2 Å². The van der Waals surface area contributed by atoms with Gasteiger partial charge in [0.1, 0.15) is 0 Å². The van der Waals surface area contributed by atoms with Crippen molar-refractivity contribution in [1.29, 1.82) is 0 Å². The lowest BCUT2D eigenvalue weighted by atomic mass is 9.76. The van der Waals surface area contributed by atoms with Crippen LogP contribution in [0.1, 0.15) is 41.0 Å². The van der Waals surface area contributed by atoms with E-state index in [4.69, 9.17) is 4.74 Å². The summed E-state index contributed by atoms with van der Waals surface area (Å²) in [4.78, 5) is 25.6. The van der Waals surface area contributed by atoms with E-state index in [1.807, 2.05) is 27.7 Å². The number of carbonyl (C=O) groups is 2. The van der Waals surface area contributed by atoms with E-state index in [9.17, 15) is 14.7 Å². The van der Waals surface area contributed by atoms with Gasteiger partial charge in [-0.1, -0.05) is 13.8 Å². The average molecular weight is 271 g/mol. The van der Waals surface area contributed by atoms with Crippen LogP contribution in [0.2, 0.25) is 0 Å². The molecule has 0 spiro atoms. The minimum absolute atomic E-state index is 0.00825. The van der Waals surface area contributed by atoms with Gasteiger partial charge in [0.15, 0.2) is 0 Å². The average Bonchev–Trinajstić information content (AvgIpc) is 2.31. The van der Waals surface area contributed by atoms with Crippen LogP contribution in [0.4, 0.5) is 0 Å². The molecule has 5 nitrogen and oxygen atoms in total. The fourth-order valence-electron chi connectivity index (χ4n) is 2.19. The molecule has 19 heavy (non-hydrogen) atoms. The lowest BCUT2D eigenvalue weighted by molar-refractivity contribution is -0.159. The van der Waals surface area contributed by atoms with Crippen molar-refractivity contribution in [3.05, 3.63) is 0 Å². The predicted molar refractivity (Wildman–Crippen MR) is 71.8 cm³/mol. The standard InChI is InChI=1S/C14H25NO4/c1-9(2)14(5,13(17)18)6-12(16)15-7-11(4)19-8-10(15)3/h9-11H,6-8H2,1-5H3,(H,17,18). The third-order valence-electron chi connectivity index (χ3n) is 4.21. The molecule has 0 aliphatic carbocycles. The lowest BCUT2D eigenvalue weighted by Crippen LogP contribution is -2.52. The highest BCUT2D eigenvalue weighted by Crippen LogP contribution is 2.32. The van der Waals surface area contributed by atoms with Gasteiger partial charge in [-0.2, -0.15) is 0 Å². The number of amides is 1. The van der Waals surface area contributed by atoms with Crippen molar-refractivity contribution in [3.8, 4) is 0 Å². The van der Waals surface area contributed by atoms with Crippen molar-refractivity contribution in [1.82, 2.24) is 4.90 Å². The van der Waals surface area contributed by atoms with Crippen LogP contribution in [-0.2, 0) is 14.3 Å². The Morgan fingerprint density at radius 2 is 2.00 bits per heavy atom. The number of nitrogens with zero attached hydrogens (tertiary/aromatic N) is 1. The van der Waals surface area contributed by atoms with Crippen molar-refractivity contribution in [2.24, 2.45) is 11.3 Å². The highest BCUT2D eigenvalue weighted by atomic mass is 16.5. The van der Waals surface area contributed by atoms with Gasteiger partial charge in [-0.15, -0.1) is 0 Å². The molecule has 0 saturated carbocycles. The molecule has 3 unspecified atom stereocenters. The first kappa shape index (κ1) is 16.0. The Bertz CT molecular complexity index is 355. The van der Waals surface area contributed by atoms with Crippen LogP contribution in [0.15, 0.2) is 0 Å². The number of hydrogen-bond donors (Lipinski definition) is 1. The number of morpholine rings is 1. The maximum atomic E-state index is 12.4. The first-order chi connectivity index (χ1) is 8.68. The van der Waals surface area contributed by atoms with Gasteiger partial charge in [0.2, 0.25) is 5.91 Å². The number of carbonyl (C=O) groups excluding carboxylic acids is 1. The van der Waals surface area contributed by atoms with E-state index in [0.29, 0.717) is 13.2 Å². The molecule has 1 aliphatic rings. The van der Waals surface area contributed by atoms with E-state index in [-0.39, 0.29) is 30.4 Å². The van der Waals surface area contributed by atoms with Crippen LogP contribution >= 0.6 is 0 Å². The second-order valence-corrected chi connectivity index (χ2v) is 6.09. The SMILES string of the molecule is CC1CN(C(=O)CC(C)(C(=O)O)C(C)C)C(C)CO1. The molecule has 0 aromatic heterocycles. The summed E-state index contributed by atoms with van der Waals surface area (Å²) in [6.07, 6.45) is 0.0483. The molecule has 1 rings (SSSR count). The van der Waals surface area contributed by atoms with Gasteiger partial charge >= 0.3 is 5.97 Å². The van der Waals surface area contributed by atoms with E-state index in [0.717, 1.165) is 0 Å². The fraction of sp³-hybridized carbons (Fsp3) is 0.857. The van der Waals surface area contributed by atoms with Gasteiger partial charge in [-0.05, 0) is 26.7 Å². The number of aliphatic carboxylic acids is 1. The van der Waals surface area contributed by atoms with Gasteiger partial charge in [-0.3, -0.25) is 9.59 Å². The Kier molecular flexibility index (Phi) is 4.96. The minimum Gasteiger partial charge on any atom is -0.481 e. The van der Waals surface area contributed by atoms with Crippen LogP contribution in [0.5, 0.6) is 0 Å². The Balaban J connectivity index is 2.80. The molecular formula is C14H25NO4. The summed E-state index contributed by atoms with van der Waals surface area (Å²) in [5.41, 5.74) is -1.02. The van der Waals surface area contributed by atoms with Gasteiger partial charge in [0, 0.05) is 13.0 Å². The maximum Gasteiger partial charge on any atom is 0.310 e. The molecule has 1 amide bonds. The van der Waals surface area contributed by atoms with E-state index in [2.05, 4.69) is 0 Å². The quantitative estimate of drug-likeness (QED) is 0.846. The number of rotatable bonds is 4. The van der Waals surface area contributed by atoms with E-state index >= 15 is 0 Å². The molecule has 0 aromatic carbocycles. The molecule has 1 aliphatic heterocycles. The zero-order chi connectivity index (χ0) is 14.8. The van der Waals surface area contributed by atoms with E-state index in [1.165, 1.54) is 0 Å². The molecule has 3 atom stereocenters. The van der Waals surface area contributed by atoms with Crippen LogP contribution in [0, 0.1) is 11.3 Å². The maximum absolute atomic E-state index is 12.4. The van der Waals surface area contributed by atoms with Crippen LogP contribution in [-0.4, -0.2) is 47.2 Å². The van der Waals surface area contributed by atoms with Gasteiger partial charge in [-0.25, -0.2) is 0 Å². The number of ether oxygens (including phenoxy) is 1. The Morgan fingerprint density at radius 1 is 1.42 bits per heavy atom. The number of hydrogen-bond acceptors (Lipinski definition) is 3. The Labute approximate surface area is 114 Å². The molecule has 1 fully saturated rings. The summed E-state index contributed by atoms with van der Waals surface area (Å²) >= 11 is 0. The molecule has 0 aromatic rings. The summed E-state index contributed by atoms with van der Waals surface area (Å²) in [6, 6.07) is 0.00825. The van der Waals surface area contributed by atoms with Gasteiger partial charge in [0.25, 0.3) is 0 Å². The molecule has 1 heterocycles. The highest BCUT2D eigenvalue weighted by molar-refractivity contribution is 5.85. The van der Waals surface area contributed by atoms with Crippen molar-refractivity contribution in [2.75, 3.05) is 13.2 Å². The van der Waals surface area contributed by atoms with Crippen LogP contribution < -0.4 is 0 Å². The van der Waals surface area contributed by atoms with Crippen molar-refractivity contribution < 1.29 is 19.4 Å². The molecule has 110 valence electrons. The number of carboxylic acids is 1. The summed E-state index contributed by atoms with van der Waals surface area (Å²) in [5, 5.41) is 9.37. The second kappa shape index (κ2) is 5.90. The third-order valence-corrected chi connectivity index (χ3v) is 4.21. The second-order valence-electron chi connectivity index (χ2n) is 6.09. The molecule has 1 saturated heterocycles. The zero-order valence-corrected chi connectivity index (χ0v) is 12.5. The van der Waals surface area contributed by atoms with Gasteiger partial charge in [0.05, 0.1) is 24.2 Å². The van der Waals surface area contributed by atoms with Crippen LogP contribution in [0.25, 0.3) is 0 Å². The molecule has 0 radical (unpaired) electrons. The van der Waals surface area contributed by atoms with Crippen molar-refractivity contribution >= 4 is 11.9 Å². The van der Waals surface area contributed by atoms with Gasteiger partial charge < -0.3 is 14.7 Å². The Hall–Kier alpha value is -1.10. The fourth-order valence-corrected chi connectivity index (χ4v) is 2.19. The van der Waals surface area contributed by atoms with Crippen LogP contribution in [0.3, 0.4) is 0 Å².